The maximum atomic E-state index is 12.4. The van der Waals surface area contributed by atoms with Gasteiger partial charge in [-0.2, -0.15) is 0 Å². The van der Waals surface area contributed by atoms with Gasteiger partial charge in [0.1, 0.15) is 6.61 Å². The molecule has 0 unspecified atom stereocenters. The summed E-state index contributed by atoms with van der Waals surface area (Å²) in [7, 11) is 0. The van der Waals surface area contributed by atoms with Gasteiger partial charge in [-0.05, 0) is 17.7 Å². The van der Waals surface area contributed by atoms with E-state index in [1.807, 2.05) is 48.5 Å². The van der Waals surface area contributed by atoms with Crippen molar-refractivity contribution in [3.05, 3.63) is 59.7 Å². The minimum Gasteiger partial charge on any atom is -0.465 e. The molecule has 0 radical (unpaired) electrons. The SMILES string of the molecule is O=C(O)N1CCN(c2cccc3c2COC(=O)N3Cc2ccccc2)CC1. The summed E-state index contributed by atoms with van der Waals surface area (Å²) in [6.45, 7) is 2.85. The normalized spacial score (nSPS) is 16.7. The second-order valence-corrected chi connectivity index (χ2v) is 6.66. The molecule has 1 N–H and O–H groups in total. The average molecular weight is 367 g/mol. The number of carbonyl (C=O) groups is 2. The van der Waals surface area contributed by atoms with E-state index in [0.717, 1.165) is 22.5 Å². The van der Waals surface area contributed by atoms with Crippen molar-refractivity contribution in [3.8, 4) is 0 Å². The van der Waals surface area contributed by atoms with Gasteiger partial charge in [-0.3, -0.25) is 4.90 Å². The van der Waals surface area contributed by atoms with Crippen molar-refractivity contribution >= 4 is 23.6 Å². The van der Waals surface area contributed by atoms with Crippen LogP contribution in [0.2, 0.25) is 0 Å². The highest BCUT2D eigenvalue weighted by molar-refractivity contribution is 5.92. The van der Waals surface area contributed by atoms with Crippen molar-refractivity contribution in [3.63, 3.8) is 0 Å². The lowest BCUT2D eigenvalue weighted by atomic mass is 10.1. The lowest BCUT2D eigenvalue weighted by molar-refractivity contribution is 0.139. The second kappa shape index (κ2) is 7.19. The van der Waals surface area contributed by atoms with Crippen LogP contribution in [0.1, 0.15) is 11.1 Å². The predicted molar refractivity (Wildman–Crippen MR) is 101 cm³/mol. The van der Waals surface area contributed by atoms with Gasteiger partial charge in [-0.15, -0.1) is 0 Å². The van der Waals surface area contributed by atoms with Crippen LogP contribution in [0.15, 0.2) is 48.5 Å². The zero-order valence-electron chi connectivity index (χ0n) is 14.9. The predicted octanol–water partition coefficient (Wildman–Crippen LogP) is 3.14. The van der Waals surface area contributed by atoms with Crippen molar-refractivity contribution < 1.29 is 19.4 Å². The number of ether oxygens (including phenoxy) is 1. The Labute approximate surface area is 157 Å². The first-order valence-corrected chi connectivity index (χ1v) is 8.96. The van der Waals surface area contributed by atoms with Gasteiger partial charge in [0.25, 0.3) is 0 Å². The van der Waals surface area contributed by atoms with Gasteiger partial charge in [0, 0.05) is 37.4 Å². The van der Waals surface area contributed by atoms with Crippen LogP contribution in [0.3, 0.4) is 0 Å². The number of piperazine rings is 1. The Morgan fingerprint density at radius 2 is 1.67 bits per heavy atom. The number of carboxylic acid groups (broad SMARTS) is 1. The van der Waals surface area contributed by atoms with Crippen LogP contribution in [0, 0.1) is 0 Å². The van der Waals surface area contributed by atoms with E-state index in [1.165, 1.54) is 4.90 Å². The number of nitrogens with zero attached hydrogens (tertiary/aromatic N) is 3. The van der Waals surface area contributed by atoms with E-state index in [1.54, 1.807) is 4.90 Å². The molecule has 0 bridgehead atoms. The quantitative estimate of drug-likeness (QED) is 0.902. The Kier molecular flexibility index (Phi) is 4.58. The number of cyclic esters (lactones) is 1. The van der Waals surface area contributed by atoms with E-state index in [-0.39, 0.29) is 12.7 Å². The fourth-order valence-electron chi connectivity index (χ4n) is 3.62. The van der Waals surface area contributed by atoms with Crippen molar-refractivity contribution in [2.45, 2.75) is 13.2 Å². The van der Waals surface area contributed by atoms with Gasteiger partial charge >= 0.3 is 12.2 Å². The molecule has 27 heavy (non-hydrogen) atoms. The third kappa shape index (κ3) is 3.40. The number of hydrogen-bond donors (Lipinski definition) is 1. The molecule has 0 aromatic heterocycles. The van der Waals surface area contributed by atoms with E-state index < -0.39 is 6.09 Å². The topological polar surface area (TPSA) is 73.3 Å². The minimum atomic E-state index is -0.882. The summed E-state index contributed by atoms with van der Waals surface area (Å²) in [5.41, 5.74) is 3.86. The number of benzene rings is 2. The Bertz CT molecular complexity index is 848. The lowest BCUT2D eigenvalue weighted by Gasteiger charge is -2.38. The number of hydrogen-bond acceptors (Lipinski definition) is 4. The smallest absolute Gasteiger partial charge is 0.414 e. The zero-order valence-corrected chi connectivity index (χ0v) is 14.9. The first-order chi connectivity index (χ1) is 13.1. The average Bonchev–Trinajstić information content (AvgIpc) is 2.70. The van der Waals surface area contributed by atoms with Crippen molar-refractivity contribution in [2.24, 2.45) is 0 Å². The second-order valence-electron chi connectivity index (χ2n) is 6.66. The third-order valence-electron chi connectivity index (χ3n) is 5.05. The summed E-state index contributed by atoms with van der Waals surface area (Å²) in [5.74, 6) is 0. The molecule has 0 aliphatic carbocycles. The van der Waals surface area contributed by atoms with Gasteiger partial charge in [0.15, 0.2) is 0 Å². The molecule has 7 heteroatoms. The van der Waals surface area contributed by atoms with Gasteiger partial charge in [-0.1, -0.05) is 36.4 Å². The molecule has 0 saturated carbocycles. The Balaban J connectivity index is 1.60. The number of rotatable bonds is 3. The summed E-state index contributed by atoms with van der Waals surface area (Å²) in [6.07, 6.45) is -1.23. The minimum absolute atomic E-state index is 0.231. The molecule has 2 heterocycles. The maximum Gasteiger partial charge on any atom is 0.414 e. The van der Waals surface area contributed by atoms with Crippen LogP contribution < -0.4 is 9.80 Å². The molecule has 7 nitrogen and oxygen atoms in total. The molecule has 2 aliphatic rings. The van der Waals surface area contributed by atoms with Crippen molar-refractivity contribution in [2.75, 3.05) is 36.0 Å². The Hall–Kier alpha value is -3.22. The molecular weight excluding hydrogens is 346 g/mol. The Morgan fingerprint density at radius 3 is 2.37 bits per heavy atom. The van der Waals surface area contributed by atoms with Gasteiger partial charge in [0.2, 0.25) is 0 Å². The number of amides is 2. The van der Waals surface area contributed by atoms with Crippen LogP contribution in [-0.2, 0) is 17.9 Å². The highest BCUT2D eigenvalue weighted by atomic mass is 16.6. The summed E-state index contributed by atoms with van der Waals surface area (Å²) in [5, 5.41) is 9.13. The van der Waals surface area contributed by atoms with E-state index >= 15 is 0 Å². The summed E-state index contributed by atoms with van der Waals surface area (Å²) < 4.78 is 5.44. The molecule has 2 aliphatic heterocycles. The maximum absolute atomic E-state index is 12.4. The summed E-state index contributed by atoms with van der Waals surface area (Å²) in [6, 6.07) is 15.7. The first kappa shape index (κ1) is 17.2. The summed E-state index contributed by atoms with van der Waals surface area (Å²) in [4.78, 5) is 28.8. The van der Waals surface area contributed by atoms with Crippen LogP contribution in [0.4, 0.5) is 21.0 Å². The molecule has 1 fully saturated rings. The zero-order chi connectivity index (χ0) is 18.8. The number of anilines is 2. The van der Waals surface area contributed by atoms with Crippen LogP contribution in [0.25, 0.3) is 0 Å². The van der Waals surface area contributed by atoms with Gasteiger partial charge in [0.05, 0.1) is 12.2 Å². The molecule has 2 aromatic carbocycles. The highest BCUT2D eigenvalue weighted by Crippen LogP contribution is 2.36. The summed E-state index contributed by atoms with van der Waals surface area (Å²) >= 11 is 0. The fraction of sp³-hybridized carbons (Fsp3) is 0.300. The highest BCUT2D eigenvalue weighted by Gasteiger charge is 2.30. The monoisotopic (exact) mass is 367 g/mol. The van der Waals surface area contributed by atoms with Crippen LogP contribution >= 0.6 is 0 Å². The standard InChI is InChI=1S/C20H21N3O4/c24-19(25)22-11-9-21(10-12-22)17-7-4-8-18-16(17)14-27-20(26)23(18)13-15-5-2-1-3-6-15/h1-8H,9-14H2,(H,24,25). The third-order valence-corrected chi connectivity index (χ3v) is 5.05. The molecule has 0 spiro atoms. The molecule has 2 amide bonds. The molecule has 0 atom stereocenters. The van der Waals surface area contributed by atoms with Crippen molar-refractivity contribution in [1.82, 2.24) is 4.90 Å². The van der Waals surface area contributed by atoms with Crippen molar-refractivity contribution in [1.29, 1.82) is 0 Å². The van der Waals surface area contributed by atoms with E-state index in [9.17, 15) is 9.59 Å². The van der Waals surface area contributed by atoms with Crippen LogP contribution in [0.5, 0.6) is 0 Å². The molecule has 140 valence electrons. The van der Waals surface area contributed by atoms with Gasteiger partial charge in [-0.25, -0.2) is 9.59 Å². The molecule has 4 rings (SSSR count). The van der Waals surface area contributed by atoms with E-state index in [0.29, 0.717) is 32.7 Å². The van der Waals surface area contributed by atoms with Crippen LogP contribution in [-0.4, -0.2) is 48.4 Å². The molecule has 2 aromatic rings. The van der Waals surface area contributed by atoms with Gasteiger partial charge < -0.3 is 19.6 Å². The number of fused-ring (bicyclic) bond motifs is 1. The van der Waals surface area contributed by atoms with E-state index in [4.69, 9.17) is 9.84 Å². The fourth-order valence-corrected chi connectivity index (χ4v) is 3.62. The largest absolute Gasteiger partial charge is 0.465 e. The molecule has 1 saturated heterocycles. The first-order valence-electron chi connectivity index (χ1n) is 8.96. The lowest BCUT2D eigenvalue weighted by Crippen LogP contribution is -2.48. The Morgan fingerprint density at radius 1 is 0.963 bits per heavy atom. The number of carbonyl (C=O) groups excluding carboxylic acids is 1. The van der Waals surface area contributed by atoms with E-state index in [2.05, 4.69) is 4.90 Å². The molecular formula is C20H21N3O4.